The molecule has 0 spiro atoms. The lowest BCUT2D eigenvalue weighted by atomic mass is 10.1. The lowest BCUT2D eigenvalue weighted by Gasteiger charge is -2.04. The number of halogens is 1. The summed E-state index contributed by atoms with van der Waals surface area (Å²) in [6.45, 7) is 0. The Hall–Kier alpha value is -2.76. The van der Waals surface area contributed by atoms with E-state index >= 15 is 0 Å². The fourth-order valence-corrected chi connectivity index (χ4v) is 3.10. The summed E-state index contributed by atoms with van der Waals surface area (Å²) in [5.74, 6) is 0.576. The molecule has 122 valence electrons. The predicted octanol–water partition coefficient (Wildman–Crippen LogP) is 5.30. The van der Waals surface area contributed by atoms with Gasteiger partial charge in [-0.2, -0.15) is 14.9 Å². The molecule has 6 heteroatoms. The number of H-pyrrole nitrogens is 1. The van der Waals surface area contributed by atoms with Gasteiger partial charge >= 0.3 is 0 Å². The lowest BCUT2D eigenvalue weighted by molar-refractivity contribution is 0.872. The Kier molecular flexibility index (Phi) is 4.17. The molecule has 0 saturated carbocycles. The van der Waals surface area contributed by atoms with E-state index in [0.29, 0.717) is 15.6 Å². The summed E-state index contributed by atoms with van der Waals surface area (Å²) in [5.41, 5.74) is 1.78. The highest BCUT2D eigenvalue weighted by atomic mass is 35.5. The monoisotopic (exact) mass is 364 g/mol. The first-order chi connectivity index (χ1) is 12.2. The third-order valence-corrected chi connectivity index (χ3v) is 4.49. The van der Waals surface area contributed by atoms with Crippen LogP contribution in [0.3, 0.4) is 0 Å². The Bertz CT molecular complexity index is 1140. The van der Waals surface area contributed by atoms with Gasteiger partial charge in [0.2, 0.25) is 4.77 Å². The molecule has 1 heterocycles. The van der Waals surface area contributed by atoms with Crippen LogP contribution in [0.25, 0.3) is 22.2 Å². The fourth-order valence-electron chi connectivity index (χ4n) is 2.70. The number of nitrogens with one attached hydrogen (secondary N) is 1. The topological polar surface area (TPSA) is 46.0 Å². The van der Waals surface area contributed by atoms with Crippen molar-refractivity contribution in [3.8, 4) is 11.4 Å². The van der Waals surface area contributed by atoms with Crippen LogP contribution in [0.5, 0.6) is 0 Å². The van der Waals surface area contributed by atoms with Crippen molar-refractivity contribution in [2.24, 2.45) is 5.10 Å². The van der Waals surface area contributed by atoms with Gasteiger partial charge in [-0.1, -0.05) is 66.2 Å². The van der Waals surface area contributed by atoms with Crippen molar-refractivity contribution in [1.82, 2.24) is 14.9 Å². The highest BCUT2D eigenvalue weighted by molar-refractivity contribution is 7.71. The molecule has 1 N–H and O–H groups in total. The Morgan fingerprint density at radius 2 is 1.76 bits per heavy atom. The Labute approximate surface area is 154 Å². The first-order valence-electron chi connectivity index (χ1n) is 7.68. The van der Waals surface area contributed by atoms with Crippen molar-refractivity contribution in [2.45, 2.75) is 0 Å². The van der Waals surface area contributed by atoms with E-state index in [1.165, 1.54) is 0 Å². The predicted molar refractivity (Wildman–Crippen MR) is 105 cm³/mol. The van der Waals surface area contributed by atoms with Crippen LogP contribution in [0, 0.1) is 4.77 Å². The molecule has 0 bridgehead atoms. The van der Waals surface area contributed by atoms with Gasteiger partial charge in [-0.25, -0.2) is 5.10 Å². The second-order valence-corrected chi connectivity index (χ2v) is 6.25. The molecule has 1 aromatic heterocycles. The Morgan fingerprint density at radius 1 is 1.00 bits per heavy atom. The molecule has 4 rings (SSSR count). The maximum Gasteiger partial charge on any atom is 0.216 e. The average molecular weight is 365 g/mol. The van der Waals surface area contributed by atoms with Crippen molar-refractivity contribution in [3.63, 3.8) is 0 Å². The molecular formula is C19H13ClN4S. The van der Waals surface area contributed by atoms with Crippen LogP contribution in [0.2, 0.25) is 5.02 Å². The number of aromatic amines is 1. The van der Waals surface area contributed by atoms with Gasteiger partial charge in [0.15, 0.2) is 5.82 Å². The summed E-state index contributed by atoms with van der Waals surface area (Å²) in [4.78, 5) is 0. The zero-order chi connectivity index (χ0) is 17.2. The number of hydrogen-bond acceptors (Lipinski definition) is 3. The summed E-state index contributed by atoms with van der Waals surface area (Å²) in [6, 6.07) is 21.7. The van der Waals surface area contributed by atoms with Crippen LogP contribution in [-0.4, -0.2) is 21.1 Å². The SMILES string of the molecule is S=c1[nH]nc(-c2ccccc2Cl)n1/N=C\c1cccc2ccccc12. The standard InChI is InChI=1S/C19H13ClN4S/c20-17-11-4-3-10-16(17)18-22-23-19(25)24(18)21-12-14-8-5-7-13-6-1-2-9-15(13)14/h1-12H,(H,23,25)/b21-12-. The summed E-state index contributed by atoms with van der Waals surface area (Å²) < 4.78 is 1.99. The van der Waals surface area contributed by atoms with Crippen molar-refractivity contribution in [3.05, 3.63) is 82.1 Å². The van der Waals surface area contributed by atoms with E-state index in [2.05, 4.69) is 33.5 Å². The summed E-state index contributed by atoms with van der Waals surface area (Å²) >= 11 is 11.6. The van der Waals surface area contributed by atoms with Gasteiger partial charge in [-0.3, -0.25) is 0 Å². The van der Waals surface area contributed by atoms with Crippen LogP contribution >= 0.6 is 23.8 Å². The van der Waals surface area contributed by atoms with Gasteiger partial charge in [0.05, 0.1) is 11.2 Å². The zero-order valence-electron chi connectivity index (χ0n) is 13.1. The van der Waals surface area contributed by atoms with E-state index in [-0.39, 0.29) is 0 Å². The van der Waals surface area contributed by atoms with E-state index in [1.54, 1.807) is 10.9 Å². The van der Waals surface area contributed by atoms with Gasteiger partial charge in [-0.05, 0) is 35.1 Å². The molecule has 4 aromatic rings. The molecule has 0 amide bonds. The third kappa shape index (κ3) is 2.99. The minimum absolute atomic E-state index is 0.409. The Morgan fingerprint density at radius 3 is 2.64 bits per heavy atom. The molecule has 4 nitrogen and oxygen atoms in total. The van der Waals surface area contributed by atoms with Gasteiger partial charge in [-0.15, -0.1) is 0 Å². The van der Waals surface area contributed by atoms with Gasteiger partial charge in [0.1, 0.15) is 0 Å². The highest BCUT2D eigenvalue weighted by Crippen LogP contribution is 2.26. The molecule has 25 heavy (non-hydrogen) atoms. The van der Waals surface area contributed by atoms with Crippen LogP contribution in [0.1, 0.15) is 5.56 Å². The number of nitrogens with zero attached hydrogens (tertiary/aromatic N) is 3. The molecule has 3 aromatic carbocycles. The quantitative estimate of drug-likeness (QED) is 0.396. The fraction of sp³-hybridized carbons (Fsp3) is 0. The maximum atomic E-state index is 6.28. The van der Waals surface area contributed by atoms with Crippen molar-refractivity contribution < 1.29 is 0 Å². The highest BCUT2D eigenvalue weighted by Gasteiger charge is 2.11. The van der Waals surface area contributed by atoms with E-state index in [1.807, 2.05) is 48.5 Å². The molecule has 0 aliphatic carbocycles. The van der Waals surface area contributed by atoms with Crippen molar-refractivity contribution in [1.29, 1.82) is 0 Å². The minimum Gasteiger partial charge on any atom is -0.250 e. The van der Waals surface area contributed by atoms with E-state index in [9.17, 15) is 0 Å². The second kappa shape index (κ2) is 6.63. The van der Waals surface area contributed by atoms with Crippen LogP contribution in [-0.2, 0) is 0 Å². The lowest BCUT2D eigenvalue weighted by Crippen LogP contribution is -1.96. The number of hydrogen-bond donors (Lipinski definition) is 1. The summed E-state index contributed by atoms with van der Waals surface area (Å²) in [7, 11) is 0. The first-order valence-corrected chi connectivity index (χ1v) is 8.47. The third-order valence-electron chi connectivity index (χ3n) is 3.90. The van der Waals surface area contributed by atoms with Gasteiger partial charge in [0.25, 0.3) is 0 Å². The number of benzene rings is 3. The smallest absolute Gasteiger partial charge is 0.216 e. The molecule has 0 atom stereocenters. The van der Waals surface area contributed by atoms with Crippen LogP contribution < -0.4 is 0 Å². The zero-order valence-corrected chi connectivity index (χ0v) is 14.6. The van der Waals surface area contributed by atoms with Crippen LogP contribution in [0.4, 0.5) is 0 Å². The largest absolute Gasteiger partial charge is 0.250 e. The van der Waals surface area contributed by atoms with E-state index < -0.39 is 0 Å². The molecule has 0 aliphatic heterocycles. The number of fused-ring (bicyclic) bond motifs is 1. The minimum atomic E-state index is 0.409. The molecule has 0 radical (unpaired) electrons. The molecular weight excluding hydrogens is 352 g/mol. The molecule has 0 fully saturated rings. The second-order valence-electron chi connectivity index (χ2n) is 5.46. The normalized spacial score (nSPS) is 11.4. The molecule has 0 saturated heterocycles. The van der Waals surface area contributed by atoms with Crippen LogP contribution in [0.15, 0.2) is 71.8 Å². The van der Waals surface area contributed by atoms with Crippen molar-refractivity contribution >= 4 is 40.8 Å². The number of aromatic nitrogens is 3. The van der Waals surface area contributed by atoms with Gasteiger partial charge in [0, 0.05) is 11.1 Å². The van der Waals surface area contributed by atoms with Crippen molar-refractivity contribution in [2.75, 3.05) is 0 Å². The first kappa shape index (κ1) is 15.7. The summed E-state index contributed by atoms with van der Waals surface area (Å²) in [6.07, 6.45) is 1.79. The average Bonchev–Trinajstić information content (AvgIpc) is 3.01. The molecule has 0 unspecified atom stereocenters. The molecule has 0 aliphatic rings. The van der Waals surface area contributed by atoms with E-state index in [4.69, 9.17) is 23.8 Å². The Balaban J connectivity index is 1.82. The maximum absolute atomic E-state index is 6.28. The van der Waals surface area contributed by atoms with E-state index in [0.717, 1.165) is 21.9 Å². The number of rotatable bonds is 3. The van der Waals surface area contributed by atoms with Gasteiger partial charge < -0.3 is 0 Å². The summed E-state index contributed by atoms with van der Waals surface area (Å²) in [5, 5.41) is 14.5.